The third kappa shape index (κ3) is 3.74. The summed E-state index contributed by atoms with van der Waals surface area (Å²) in [6, 6.07) is 7.14. The second-order valence-electron chi connectivity index (χ2n) is 4.32. The van der Waals surface area contributed by atoms with Gasteiger partial charge in [-0.25, -0.2) is 0 Å². The van der Waals surface area contributed by atoms with E-state index >= 15 is 0 Å². The van der Waals surface area contributed by atoms with Crippen LogP contribution in [0.3, 0.4) is 0 Å². The third-order valence-corrected chi connectivity index (χ3v) is 2.50. The van der Waals surface area contributed by atoms with Gasteiger partial charge in [-0.2, -0.15) is 0 Å². The van der Waals surface area contributed by atoms with Crippen molar-refractivity contribution >= 4 is 6.29 Å². The van der Waals surface area contributed by atoms with E-state index < -0.39 is 0 Å². The Labute approximate surface area is 90.9 Å². The highest BCUT2D eigenvalue weighted by Crippen LogP contribution is 2.27. The summed E-state index contributed by atoms with van der Waals surface area (Å²) in [6.07, 6.45) is 2.53. The van der Waals surface area contributed by atoms with Gasteiger partial charge in [0.2, 0.25) is 0 Å². The summed E-state index contributed by atoms with van der Waals surface area (Å²) < 4.78 is 0. The van der Waals surface area contributed by atoms with E-state index in [9.17, 15) is 9.90 Å². The molecule has 0 bridgehead atoms. The first-order chi connectivity index (χ1) is 7.13. The van der Waals surface area contributed by atoms with Crippen molar-refractivity contribution in [2.24, 2.45) is 5.92 Å². The van der Waals surface area contributed by atoms with Gasteiger partial charge in [-0.1, -0.05) is 26.0 Å². The van der Waals surface area contributed by atoms with Crippen LogP contribution in [0.1, 0.15) is 38.2 Å². The molecule has 1 aromatic carbocycles. The molecule has 0 saturated carbocycles. The second-order valence-corrected chi connectivity index (χ2v) is 4.32. The standard InChI is InChI=1S/C13H18O2/c1-10(2)9-12(7-8-14)11-3-5-13(15)6-4-11/h3-6,8,10,12,15H,7,9H2,1-2H3. The predicted octanol–water partition coefficient (Wildman–Crippen LogP) is 3.11. The lowest BCUT2D eigenvalue weighted by molar-refractivity contribution is -0.108. The van der Waals surface area contributed by atoms with Gasteiger partial charge >= 0.3 is 0 Å². The summed E-state index contributed by atoms with van der Waals surface area (Å²) in [6.45, 7) is 4.30. The Bertz CT molecular complexity index is 301. The minimum atomic E-state index is 0.271. The Morgan fingerprint density at radius 2 is 1.87 bits per heavy atom. The Morgan fingerprint density at radius 1 is 1.27 bits per heavy atom. The number of aromatic hydroxyl groups is 1. The summed E-state index contributed by atoms with van der Waals surface area (Å²) in [4.78, 5) is 10.6. The smallest absolute Gasteiger partial charge is 0.120 e. The predicted molar refractivity (Wildman–Crippen MR) is 61.0 cm³/mol. The fourth-order valence-corrected chi connectivity index (χ4v) is 1.80. The van der Waals surface area contributed by atoms with Crippen LogP contribution in [0.4, 0.5) is 0 Å². The number of hydrogen-bond donors (Lipinski definition) is 1. The Hall–Kier alpha value is -1.31. The van der Waals surface area contributed by atoms with Gasteiger partial charge in [0.25, 0.3) is 0 Å². The number of hydrogen-bond acceptors (Lipinski definition) is 2. The lowest BCUT2D eigenvalue weighted by Gasteiger charge is -2.16. The zero-order valence-corrected chi connectivity index (χ0v) is 9.31. The van der Waals surface area contributed by atoms with E-state index in [0.29, 0.717) is 12.3 Å². The van der Waals surface area contributed by atoms with Gasteiger partial charge in [-0.15, -0.1) is 0 Å². The molecule has 82 valence electrons. The van der Waals surface area contributed by atoms with Gasteiger partial charge in [-0.3, -0.25) is 0 Å². The topological polar surface area (TPSA) is 37.3 Å². The average molecular weight is 206 g/mol. The van der Waals surface area contributed by atoms with E-state index in [0.717, 1.165) is 18.3 Å². The normalized spacial score (nSPS) is 12.7. The molecule has 0 aromatic heterocycles. The number of phenols is 1. The molecule has 2 nitrogen and oxygen atoms in total. The first-order valence-corrected chi connectivity index (χ1v) is 5.36. The van der Waals surface area contributed by atoms with Crippen molar-refractivity contribution in [3.05, 3.63) is 29.8 Å². The van der Waals surface area contributed by atoms with E-state index in [1.807, 2.05) is 12.1 Å². The molecule has 0 radical (unpaired) electrons. The first kappa shape index (κ1) is 11.8. The maximum atomic E-state index is 10.6. The quantitative estimate of drug-likeness (QED) is 0.751. The maximum absolute atomic E-state index is 10.6. The van der Waals surface area contributed by atoms with Crippen LogP contribution in [0.15, 0.2) is 24.3 Å². The molecule has 0 amide bonds. The van der Waals surface area contributed by atoms with Crippen molar-refractivity contribution in [2.75, 3.05) is 0 Å². The van der Waals surface area contributed by atoms with Gasteiger partial charge < -0.3 is 9.90 Å². The molecule has 1 N–H and O–H groups in total. The van der Waals surface area contributed by atoms with Crippen molar-refractivity contribution in [1.29, 1.82) is 0 Å². The highest BCUT2D eigenvalue weighted by molar-refractivity contribution is 5.51. The molecule has 0 aliphatic heterocycles. The van der Waals surface area contributed by atoms with Gasteiger partial charge in [0.05, 0.1) is 0 Å². The van der Waals surface area contributed by atoms with Crippen molar-refractivity contribution < 1.29 is 9.90 Å². The van der Waals surface area contributed by atoms with Crippen molar-refractivity contribution in [2.45, 2.75) is 32.6 Å². The summed E-state index contributed by atoms with van der Waals surface area (Å²) in [5.74, 6) is 1.13. The number of aldehydes is 1. The fourth-order valence-electron chi connectivity index (χ4n) is 1.80. The summed E-state index contributed by atoms with van der Waals surface area (Å²) >= 11 is 0. The molecule has 0 aliphatic carbocycles. The molecule has 0 fully saturated rings. The molecule has 0 saturated heterocycles. The van der Waals surface area contributed by atoms with Gasteiger partial charge in [0.1, 0.15) is 12.0 Å². The van der Waals surface area contributed by atoms with E-state index in [1.165, 1.54) is 0 Å². The van der Waals surface area contributed by atoms with Crippen molar-refractivity contribution in [3.63, 3.8) is 0 Å². The maximum Gasteiger partial charge on any atom is 0.120 e. The van der Waals surface area contributed by atoms with Crippen LogP contribution in [0.2, 0.25) is 0 Å². The van der Waals surface area contributed by atoms with Crippen LogP contribution < -0.4 is 0 Å². The number of rotatable bonds is 5. The van der Waals surface area contributed by atoms with Crippen molar-refractivity contribution in [3.8, 4) is 5.75 Å². The highest BCUT2D eigenvalue weighted by Gasteiger charge is 2.12. The zero-order valence-electron chi connectivity index (χ0n) is 9.31. The van der Waals surface area contributed by atoms with E-state index in [4.69, 9.17) is 0 Å². The SMILES string of the molecule is CC(C)CC(CC=O)c1ccc(O)cc1. The van der Waals surface area contributed by atoms with Gasteiger partial charge in [-0.05, 0) is 36.0 Å². The molecule has 0 spiro atoms. The lowest BCUT2D eigenvalue weighted by atomic mass is 9.88. The molecule has 1 aromatic rings. The van der Waals surface area contributed by atoms with Crippen molar-refractivity contribution in [1.82, 2.24) is 0 Å². The zero-order chi connectivity index (χ0) is 11.3. The molecule has 2 heteroatoms. The van der Waals surface area contributed by atoms with E-state index in [1.54, 1.807) is 12.1 Å². The second kappa shape index (κ2) is 5.54. The van der Waals surface area contributed by atoms with Crippen LogP contribution in [-0.2, 0) is 4.79 Å². The highest BCUT2D eigenvalue weighted by atomic mass is 16.3. The average Bonchev–Trinajstić information content (AvgIpc) is 2.17. The molecular weight excluding hydrogens is 188 g/mol. The molecule has 0 heterocycles. The molecular formula is C13H18O2. The minimum absolute atomic E-state index is 0.271. The summed E-state index contributed by atoms with van der Waals surface area (Å²) in [5.41, 5.74) is 1.13. The summed E-state index contributed by atoms with van der Waals surface area (Å²) in [7, 11) is 0. The minimum Gasteiger partial charge on any atom is -0.508 e. The van der Waals surface area contributed by atoms with Crippen LogP contribution >= 0.6 is 0 Å². The van der Waals surface area contributed by atoms with Crippen LogP contribution in [0, 0.1) is 5.92 Å². The number of benzene rings is 1. The lowest BCUT2D eigenvalue weighted by Crippen LogP contribution is -2.03. The monoisotopic (exact) mass is 206 g/mol. The Kier molecular flexibility index (Phi) is 4.35. The van der Waals surface area contributed by atoms with Crippen LogP contribution in [0.25, 0.3) is 0 Å². The molecule has 1 rings (SSSR count). The largest absolute Gasteiger partial charge is 0.508 e. The summed E-state index contributed by atoms with van der Waals surface area (Å²) in [5, 5.41) is 9.18. The Balaban J connectivity index is 2.78. The Morgan fingerprint density at radius 3 is 2.33 bits per heavy atom. The van der Waals surface area contributed by atoms with Crippen LogP contribution in [-0.4, -0.2) is 11.4 Å². The fraction of sp³-hybridized carbons (Fsp3) is 0.462. The molecule has 1 unspecified atom stereocenters. The third-order valence-electron chi connectivity index (χ3n) is 2.50. The number of carbonyl (C=O) groups excluding carboxylic acids is 1. The molecule has 15 heavy (non-hydrogen) atoms. The molecule has 1 atom stereocenters. The first-order valence-electron chi connectivity index (χ1n) is 5.36. The van der Waals surface area contributed by atoms with Gasteiger partial charge in [0, 0.05) is 6.42 Å². The molecule has 0 aliphatic rings. The van der Waals surface area contributed by atoms with Crippen LogP contribution in [0.5, 0.6) is 5.75 Å². The number of carbonyl (C=O) groups is 1. The van der Waals surface area contributed by atoms with E-state index in [-0.39, 0.29) is 11.7 Å². The van der Waals surface area contributed by atoms with E-state index in [2.05, 4.69) is 13.8 Å². The number of phenolic OH excluding ortho intramolecular Hbond substituents is 1. The van der Waals surface area contributed by atoms with Gasteiger partial charge in [0.15, 0.2) is 0 Å².